The van der Waals surface area contributed by atoms with Gasteiger partial charge in [-0.05, 0) is 6.42 Å². The van der Waals surface area contributed by atoms with E-state index >= 15 is 0 Å². The van der Waals surface area contributed by atoms with Gasteiger partial charge in [0, 0.05) is 6.26 Å². The van der Waals surface area contributed by atoms with Crippen LogP contribution in [0.5, 0.6) is 0 Å². The molecule has 11 heteroatoms. The van der Waals surface area contributed by atoms with Gasteiger partial charge in [0.25, 0.3) is 0 Å². The van der Waals surface area contributed by atoms with Crippen molar-refractivity contribution in [1.29, 1.82) is 0 Å². The molecule has 1 unspecified atom stereocenters. The van der Waals surface area contributed by atoms with Crippen molar-refractivity contribution in [2.24, 2.45) is 0 Å². The second kappa shape index (κ2) is 6.59. The standard InChI is InChI=1S/C8H13F3N2O5S/c1-19(17,18)3-2-5(6(14)15)13-7(16)12-4-8(9,10)11/h5H,2-4H2,1H3,(H,14,15)(H2,12,13,16). The van der Waals surface area contributed by atoms with E-state index in [4.69, 9.17) is 5.11 Å². The minimum Gasteiger partial charge on any atom is -0.480 e. The maximum atomic E-state index is 11.8. The fraction of sp³-hybridized carbons (Fsp3) is 0.750. The molecule has 7 nitrogen and oxygen atoms in total. The van der Waals surface area contributed by atoms with Gasteiger partial charge in [0.2, 0.25) is 0 Å². The summed E-state index contributed by atoms with van der Waals surface area (Å²) >= 11 is 0. The SMILES string of the molecule is CS(=O)(=O)CCC(NC(=O)NCC(F)(F)F)C(=O)O. The number of hydrogen-bond acceptors (Lipinski definition) is 4. The third-order valence-electron chi connectivity index (χ3n) is 1.83. The molecule has 0 saturated carbocycles. The lowest BCUT2D eigenvalue weighted by Crippen LogP contribution is -2.48. The normalized spacial score (nSPS) is 13.7. The summed E-state index contributed by atoms with van der Waals surface area (Å²) in [6, 6.07) is -2.92. The van der Waals surface area contributed by atoms with Gasteiger partial charge in [0.05, 0.1) is 5.75 Å². The lowest BCUT2D eigenvalue weighted by molar-refractivity contribution is -0.139. The quantitative estimate of drug-likeness (QED) is 0.625. The number of carboxylic acids is 1. The summed E-state index contributed by atoms with van der Waals surface area (Å²) in [5, 5.41) is 11.9. The van der Waals surface area contributed by atoms with Gasteiger partial charge in [-0.25, -0.2) is 18.0 Å². The Morgan fingerprint density at radius 1 is 1.32 bits per heavy atom. The molecule has 0 aromatic heterocycles. The predicted molar refractivity (Wildman–Crippen MR) is 58.3 cm³/mol. The largest absolute Gasteiger partial charge is 0.480 e. The van der Waals surface area contributed by atoms with E-state index in [0.717, 1.165) is 6.26 Å². The van der Waals surface area contributed by atoms with Crippen molar-refractivity contribution in [3.8, 4) is 0 Å². The molecule has 3 N–H and O–H groups in total. The number of rotatable bonds is 6. The molecule has 0 heterocycles. The second-order valence-corrected chi connectivity index (χ2v) is 6.01. The van der Waals surface area contributed by atoms with E-state index in [0.29, 0.717) is 0 Å². The van der Waals surface area contributed by atoms with Crippen LogP contribution < -0.4 is 10.6 Å². The van der Waals surface area contributed by atoms with Crippen LogP contribution in [0.4, 0.5) is 18.0 Å². The lowest BCUT2D eigenvalue weighted by Gasteiger charge is -2.15. The number of carbonyl (C=O) groups excluding carboxylic acids is 1. The minimum absolute atomic E-state index is 0.437. The summed E-state index contributed by atoms with van der Waals surface area (Å²) in [4.78, 5) is 21.7. The summed E-state index contributed by atoms with van der Waals surface area (Å²) in [5.74, 6) is -2.05. The predicted octanol–water partition coefficient (Wildman–Crippen LogP) is -0.264. The van der Waals surface area contributed by atoms with Gasteiger partial charge in [-0.3, -0.25) is 0 Å². The third kappa shape index (κ3) is 10.1. The maximum Gasteiger partial charge on any atom is 0.405 e. The van der Waals surface area contributed by atoms with E-state index in [1.165, 1.54) is 5.32 Å². The molecule has 1 atom stereocenters. The van der Waals surface area contributed by atoms with Gasteiger partial charge < -0.3 is 15.7 Å². The molecule has 0 rings (SSSR count). The van der Waals surface area contributed by atoms with Crippen LogP contribution in [0.25, 0.3) is 0 Å². The number of urea groups is 1. The van der Waals surface area contributed by atoms with Crippen LogP contribution in [-0.2, 0) is 14.6 Å². The van der Waals surface area contributed by atoms with Crippen LogP contribution in [0.3, 0.4) is 0 Å². The highest BCUT2D eigenvalue weighted by Gasteiger charge is 2.29. The highest BCUT2D eigenvalue weighted by atomic mass is 32.2. The number of carbonyl (C=O) groups is 2. The Morgan fingerprint density at radius 3 is 2.21 bits per heavy atom. The van der Waals surface area contributed by atoms with Crippen LogP contribution in [0, 0.1) is 0 Å². The van der Waals surface area contributed by atoms with Gasteiger partial charge in [0.1, 0.15) is 22.4 Å². The Balaban J connectivity index is 4.35. The summed E-state index contributed by atoms with van der Waals surface area (Å²) in [6.45, 7) is -1.61. The van der Waals surface area contributed by atoms with Gasteiger partial charge in [0.15, 0.2) is 0 Å². The number of carboxylic acid groups (broad SMARTS) is 1. The molecule has 19 heavy (non-hydrogen) atoms. The van der Waals surface area contributed by atoms with E-state index in [1.54, 1.807) is 5.32 Å². The van der Waals surface area contributed by atoms with Crippen molar-refractivity contribution in [1.82, 2.24) is 10.6 Å². The van der Waals surface area contributed by atoms with Crippen LogP contribution >= 0.6 is 0 Å². The average Bonchev–Trinajstić information content (AvgIpc) is 2.18. The van der Waals surface area contributed by atoms with Crippen LogP contribution in [-0.4, -0.2) is 56.3 Å². The van der Waals surface area contributed by atoms with E-state index in [2.05, 4.69) is 0 Å². The zero-order valence-electron chi connectivity index (χ0n) is 9.82. The molecule has 0 aliphatic heterocycles. The minimum atomic E-state index is -4.62. The average molecular weight is 306 g/mol. The molecule has 0 spiro atoms. The fourth-order valence-corrected chi connectivity index (χ4v) is 1.64. The molecule has 0 saturated heterocycles. The van der Waals surface area contributed by atoms with Gasteiger partial charge >= 0.3 is 18.2 Å². The molecule has 0 aromatic rings. The lowest BCUT2D eigenvalue weighted by atomic mass is 10.2. The Kier molecular flexibility index (Phi) is 6.06. The number of nitrogens with one attached hydrogen (secondary N) is 2. The number of sulfone groups is 1. The first-order valence-corrected chi connectivity index (χ1v) is 6.98. The van der Waals surface area contributed by atoms with E-state index < -0.39 is 52.8 Å². The van der Waals surface area contributed by atoms with Crippen molar-refractivity contribution in [2.45, 2.75) is 18.6 Å². The number of halogens is 3. The molecule has 2 amide bonds. The molecule has 0 fully saturated rings. The second-order valence-electron chi connectivity index (χ2n) is 3.75. The number of aliphatic carboxylic acids is 1. The maximum absolute atomic E-state index is 11.8. The molecular weight excluding hydrogens is 293 g/mol. The molecule has 0 aliphatic rings. The van der Waals surface area contributed by atoms with Crippen LogP contribution in [0.15, 0.2) is 0 Å². The highest BCUT2D eigenvalue weighted by molar-refractivity contribution is 7.90. The molecule has 0 radical (unpaired) electrons. The van der Waals surface area contributed by atoms with Crippen molar-refractivity contribution in [2.75, 3.05) is 18.6 Å². The first-order valence-electron chi connectivity index (χ1n) is 4.92. The van der Waals surface area contributed by atoms with Crippen LogP contribution in [0.1, 0.15) is 6.42 Å². The number of alkyl halides is 3. The van der Waals surface area contributed by atoms with Crippen molar-refractivity contribution in [3.05, 3.63) is 0 Å². The zero-order chi connectivity index (χ0) is 15.3. The fourth-order valence-electron chi connectivity index (χ4n) is 0.979. The first-order chi connectivity index (χ1) is 8.41. The summed E-state index contributed by atoms with van der Waals surface area (Å²) in [7, 11) is -3.44. The Bertz CT molecular complexity index is 434. The monoisotopic (exact) mass is 306 g/mol. The van der Waals surface area contributed by atoms with Crippen LogP contribution in [0.2, 0.25) is 0 Å². The Morgan fingerprint density at radius 2 is 1.84 bits per heavy atom. The number of hydrogen-bond donors (Lipinski definition) is 3. The topological polar surface area (TPSA) is 113 Å². The summed E-state index contributed by atoms with van der Waals surface area (Å²) in [5.41, 5.74) is 0. The van der Waals surface area contributed by atoms with E-state index in [9.17, 15) is 31.2 Å². The van der Waals surface area contributed by atoms with Crippen molar-refractivity contribution < 1.29 is 36.3 Å². The third-order valence-corrected chi connectivity index (χ3v) is 2.81. The van der Waals surface area contributed by atoms with Crippen molar-refractivity contribution in [3.63, 3.8) is 0 Å². The Hall–Kier alpha value is -1.52. The molecule has 112 valence electrons. The van der Waals surface area contributed by atoms with E-state index in [1.807, 2.05) is 0 Å². The summed E-state index contributed by atoms with van der Waals surface area (Å²) < 4.78 is 57.0. The summed E-state index contributed by atoms with van der Waals surface area (Å²) in [6.07, 6.45) is -4.19. The van der Waals surface area contributed by atoms with Gasteiger partial charge in [-0.1, -0.05) is 0 Å². The molecule has 0 bridgehead atoms. The first kappa shape index (κ1) is 17.5. The number of amides is 2. The zero-order valence-corrected chi connectivity index (χ0v) is 10.6. The molecule has 0 aliphatic carbocycles. The van der Waals surface area contributed by atoms with Gasteiger partial charge in [-0.15, -0.1) is 0 Å². The Labute approximate surface area is 107 Å². The molecule has 0 aromatic carbocycles. The van der Waals surface area contributed by atoms with E-state index in [-0.39, 0.29) is 0 Å². The molecular formula is C8H13F3N2O5S. The highest BCUT2D eigenvalue weighted by Crippen LogP contribution is 2.11. The van der Waals surface area contributed by atoms with Gasteiger partial charge in [-0.2, -0.15) is 13.2 Å². The van der Waals surface area contributed by atoms with Crippen molar-refractivity contribution >= 4 is 21.8 Å². The smallest absolute Gasteiger partial charge is 0.405 e.